The Bertz CT molecular complexity index is 494. The van der Waals surface area contributed by atoms with E-state index in [1.54, 1.807) is 0 Å². The van der Waals surface area contributed by atoms with Gasteiger partial charge in [0.05, 0.1) is 12.2 Å². The van der Waals surface area contributed by atoms with Crippen molar-refractivity contribution < 1.29 is 9.53 Å². The molecule has 5 heteroatoms. The summed E-state index contributed by atoms with van der Waals surface area (Å²) in [7, 11) is 1.90. The SMILES string of the molecule is CNCCCC(=O)NCc1ccc(CN2CC(C)OC(C)C2)cc1. The Hall–Kier alpha value is -1.43. The summed E-state index contributed by atoms with van der Waals surface area (Å²) in [5.74, 6) is 0.116. The molecule has 5 nitrogen and oxygen atoms in total. The second kappa shape index (κ2) is 9.77. The van der Waals surface area contributed by atoms with Crippen LogP contribution in [0.5, 0.6) is 0 Å². The predicted molar refractivity (Wildman–Crippen MR) is 96.7 cm³/mol. The Labute approximate surface area is 145 Å². The summed E-state index contributed by atoms with van der Waals surface area (Å²) in [6.45, 7) is 8.65. The summed E-state index contributed by atoms with van der Waals surface area (Å²) in [5.41, 5.74) is 2.45. The van der Waals surface area contributed by atoms with Crippen LogP contribution in [0.4, 0.5) is 0 Å². The molecule has 0 saturated carbocycles. The highest BCUT2D eigenvalue weighted by atomic mass is 16.5. The van der Waals surface area contributed by atoms with E-state index in [-0.39, 0.29) is 5.91 Å². The second-order valence-corrected chi connectivity index (χ2v) is 6.75. The summed E-state index contributed by atoms with van der Waals surface area (Å²) in [5, 5.41) is 6.03. The van der Waals surface area contributed by atoms with Gasteiger partial charge in [0.25, 0.3) is 0 Å². The minimum Gasteiger partial charge on any atom is -0.373 e. The molecule has 1 aliphatic rings. The molecule has 2 atom stereocenters. The van der Waals surface area contributed by atoms with Crippen LogP contribution in [-0.4, -0.2) is 49.7 Å². The van der Waals surface area contributed by atoms with Crippen molar-refractivity contribution in [3.8, 4) is 0 Å². The van der Waals surface area contributed by atoms with Crippen LogP contribution in [0.15, 0.2) is 24.3 Å². The van der Waals surface area contributed by atoms with Crippen molar-refractivity contribution in [2.45, 2.75) is 52.0 Å². The van der Waals surface area contributed by atoms with Gasteiger partial charge in [-0.3, -0.25) is 9.69 Å². The van der Waals surface area contributed by atoms with Crippen LogP contribution in [0.1, 0.15) is 37.8 Å². The lowest BCUT2D eigenvalue weighted by Crippen LogP contribution is -2.44. The van der Waals surface area contributed by atoms with E-state index >= 15 is 0 Å². The Morgan fingerprint density at radius 2 is 1.79 bits per heavy atom. The van der Waals surface area contributed by atoms with Crippen LogP contribution in [0, 0.1) is 0 Å². The van der Waals surface area contributed by atoms with Crippen molar-refractivity contribution in [3.05, 3.63) is 35.4 Å². The number of ether oxygens (including phenoxy) is 1. The molecule has 24 heavy (non-hydrogen) atoms. The topological polar surface area (TPSA) is 53.6 Å². The summed E-state index contributed by atoms with van der Waals surface area (Å²) in [6.07, 6.45) is 2.04. The van der Waals surface area contributed by atoms with Gasteiger partial charge in [-0.15, -0.1) is 0 Å². The first-order valence-corrected chi connectivity index (χ1v) is 8.93. The van der Waals surface area contributed by atoms with Gasteiger partial charge >= 0.3 is 0 Å². The molecule has 1 amide bonds. The number of amides is 1. The Kier molecular flexibility index (Phi) is 7.69. The van der Waals surface area contributed by atoms with Crippen LogP contribution in [0.3, 0.4) is 0 Å². The molecule has 0 bridgehead atoms. The average molecular weight is 333 g/mol. The van der Waals surface area contributed by atoms with Gasteiger partial charge in [-0.25, -0.2) is 0 Å². The molecule has 1 aromatic carbocycles. The number of morpholine rings is 1. The van der Waals surface area contributed by atoms with Gasteiger partial charge in [-0.1, -0.05) is 24.3 Å². The van der Waals surface area contributed by atoms with Gasteiger partial charge in [-0.2, -0.15) is 0 Å². The minimum atomic E-state index is 0.116. The Morgan fingerprint density at radius 3 is 2.42 bits per heavy atom. The summed E-state index contributed by atoms with van der Waals surface area (Å²) in [4.78, 5) is 14.2. The molecule has 1 heterocycles. The Balaban J connectivity index is 1.75. The first-order valence-electron chi connectivity index (χ1n) is 8.93. The minimum absolute atomic E-state index is 0.116. The highest BCUT2D eigenvalue weighted by Gasteiger charge is 2.21. The molecule has 2 N–H and O–H groups in total. The summed E-state index contributed by atoms with van der Waals surface area (Å²) >= 11 is 0. The van der Waals surface area contributed by atoms with Crippen molar-refractivity contribution in [2.24, 2.45) is 0 Å². The van der Waals surface area contributed by atoms with E-state index in [4.69, 9.17) is 4.74 Å². The zero-order valence-electron chi connectivity index (χ0n) is 15.2. The van der Waals surface area contributed by atoms with E-state index in [0.29, 0.717) is 25.2 Å². The molecular weight excluding hydrogens is 302 g/mol. The number of hydrogen-bond acceptors (Lipinski definition) is 4. The largest absolute Gasteiger partial charge is 0.373 e. The van der Waals surface area contributed by atoms with E-state index in [0.717, 1.165) is 38.2 Å². The van der Waals surface area contributed by atoms with E-state index in [2.05, 4.69) is 53.6 Å². The van der Waals surface area contributed by atoms with Gasteiger partial charge in [0.15, 0.2) is 0 Å². The van der Waals surface area contributed by atoms with E-state index in [1.807, 2.05) is 7.05 Å². The molecule has 1 saturated heterocycles. The van der Waals surface area contributed by atoms with Crippen LogP contribution < -0.4 is 10.6 Å². The lowest BCUT2D eigenvalue weighted by atomic mass is 10.1. The molecule has 134 valence electrons. The van der Waals surface area contributed by atoms with Crippen molar-refractivity contribution in [2.75, 3.05) is 26.7 Å². The van der Waals surface area contributed by atoms with Crippen molar-refractivity contribution in [1.29, 1.82) is 0 Å². The number of benzene rings is 1. The standard InChI is InChI=1S/C19H31N3O2/c1-15-12-22(13-16(2)24-15)14-18-8-6-17(7-9-18)11-21-19(23)5-4-10-20-3/h6-9,15-16,20H,4-5,10-14H2,1-3H3,(H,21,23). The van der Waals surface area contributed by atoms with Gasteiger partial charge in [0, 0.05) is 32.6 Å². The maximum atomic E-state index is 11.7. The normalized spacial score (nSPS) is 21.6. The second-order valence-electron chi connectivity index (χ2n) is 6.75. The maximum Gasteiger partial charge on any atom is 0.220 e. The summed E-state index contributed by atoms with van der Waals surface area (Å²) in [6, 6.07) is 8.54. The molecule has 2 unspecified atom stereocenters. The fourth-order valence-electron chi connectivity index (χ4n) is 3.15. The fraction of sp³-hybridized carbons (Fsp3) is 0.632. The monoisotopic (exact) mass is 333 g/mol. The van der Waals surface area contributed by atoms with Gasteiger partial charge in [-0.05, 0) is 45.0 Å². The zero-order valence-corrected chi connectivity index (χ0v) is 15.2. The molecule has 0 aromatic heterocycles. The molecule has 0 radical (unpaired) electrons. The predicted octanol–water partition coefficient (Wildman–Crippen LogP) is 1.91. The number of carbonyl (C=O) groups excluding carboxylic acids is 1. The number of rotatable bonds is 8. The van der Waals surface area contributed by atoms with Crippen LogP contribution >= 0.6 is 0 Å². The van der Waals surface area contributed by atoms with E-state index in [1.165, 1.54) is 5.56 Å². The highest BCUT2D eigenvalue weighted by molar-refractivity contribution is 5.75. The smallest absolute Gasteiger partial charge is 0.220 e. The first-order chi connectivity index (χ1) is 11.6. The molecule has 0 aliphatic carbocycles. The van der Waals surface area contributed by atoms with Crippen LogP contribution in [0.2, 0.25) is 0 Å². The zero-order chi connectivity index (χ0) is 17.4. The number of carbonyl (C=O) groups is 1. The summed E-state index contributed by atoms with van der Waals surface area (Å²) < 4.78 is 5.78. The van der Waals surface area contributed by atoms with Crippen molar-refractivity contribution in [1.82, 2.24) is 15.5 Å². The number of nitrogens with zero attached hydrogens (tertiary/aromatic N) is 1. The Morgan fingerprint density at radius 1 is 1.17 bits per heavy atom. The third-order valence-electron chi connectivity index (χ3n) is 4.24. The molecule has 1 aromatic rings. The lowest BCUT2D eigenvalue weighted by Gasteiger charge is -2.35. The first kappa shape index (κ1) is 18.9. The number of nitrogens with one attached hydrogen (secondary N) is 2. The van der Waals surface area contributed by atoms with Crippen molar-refractivity contribution >= 4 is 5.91 Å². The average Bonchev–Trinajstić information content (AvgIpc) is 2.53. The third kappa shape index (κ3) is 6.59. The molecule has 1 fully saturated rings. The highest BCUT2D eigenvalue weighted by Crippen LogP contribution is 2.14. The molecular formula is C19H31N3O2. The molecule has 2 rings (SSSR count). The molecule has 1 aliphatic heterocycles. The van der Waals surface area contributed by atoms with Gasteiger partial charge in [0.1, 0.15) is 0 Å². The van der Waals surface area contributed by atoms with Crippen molar-refractivity contribution in [3.63, 3.8) is 0 Å². The van der Waals surface area contributed by atoms with Crippen LogP contribution in [-0.2, 0) is 22.6 Å². The van der Waals surface area contributed by atoms with E-state index in [9.17, 15) is 4.79 Å². The van der Waals surface area contributed by atoms with E-state index < -0.39 is 0 Å². The van der Waals surface area contributed by atoms with Gasteiger partial charge in [0.2, 0.25) is 5.91 Å². The number of hydrogen-bond donors (Lipinski definition) is 2. The third-order valence-corrected chi connectivity index (χ3v) is 4.24. The van der Waals surface area contributed by atoms with Crippen LogP contribution in [0.25, 0.3) is 0 Å². The lowest BCUT2D eigenvalue weighted by molar-refractivity contribution is -0.121. The molecule has 0 spiro atoms. The maximum absolute atomic E-state index is 11.7. The fourth-order valence-corrected chi connectivity index (χ4v) is 3.15. The quantitative estimate of drug-likeness (QED) is 0.714. The van der Waals surface area contributed by atoms with Gasteiger partial charge < -0.3 is 15.4 Å².